The van der Waals surface area contributed by atoms with Gasteiger partial charge in [0.1, 0.15) is 0 Å². The Labute approximate surface area is 121 Å². The number of rotatable bonds is 6. The van der Waals surface area contributed by atoms with Gasteiger partial charge in [-0.1, -0.05) is 18.5 Å². The van der Waals surface area contributed by atoms with Crippen LogP contribution in [0.5, 0.6) is 0 Å². The van der Waals surface area contributed by atoms with Crippen molar-refractivity contribution in [1.29, 1.82) is 0 Å². The van der Waals surface area contributed by atoms with Crippen LogP contribution in [0.1, 0.15) is 38.1 Å². The van der Waals surface area contributed by atoms with Gasteiger partial charge in [0.15, 0.2) is 0 Å². The van der Waals surface area contributed by atoms with Gasteiger partial charge in [0.25, 0.3) is 0 Å². The van der Waals surface area contributed by atoms with Crippen LogP contribution in [-0.2, 0) is 20.0 Å². The minimum Gasteiger partial charge on any atom is -0.310 e. The quantitative estimate of drug-likeness (QED) is 0.869. The number of hydrogen-bond acceptors (Lipinski definition) is 3. The highest BCUT2D eigenvalue weighted by Crippen LogP contribution is 2.20. The van der Waals surface area contributed by atoms with Gasteiger partial charge in [0.05, 0.1) is 16.4 Å². The third-order valence-corrected chi connectivity index (χ3v) is 4.44. The van der Waals surface area contributed by atoms with E-state index in [4.69, 9.17) is 11.6 Å². The lowest BCUT2D eigenvalue weighted by atomic mass is 10.2. The smallest absolute Gasteiger partial charge is 0.0863 e. The topological polar surface area (TPSA) is 33.1 Å². The number of nitrogens with one attached hydrogen (secondary N) is 1. The number of nitrogens with zero attached hydrogens (tertiary/aromatic N) is 3. The minimum atomic E-state index is 0.597. The van der Waals surface area contributed by atoms with Crippen molar-refractivity contribution in [2.24, 2.45) is 7.05 Å². The molecule has 4 nitrogen and oxygen atoms in total. The Kier molecular flexibility index (Phi) is 5.25. The molecule has 1 aromatic heterocycles. The molecule has 1 saturated heterocycles. The molecule has 1 aliphatic heterocycles. The Bertz CT molecular complexity index is 410. The van der Waals surface area contributed by atoms with E-state index in [0.717, 1.165) is 35.9 Å². The Balaban J connectivity index is 1.83. The standard InChI is InChI=1S/C14H25ClN4/c1-4-12-14(15)13(18(3)17-12)10-16-9-11(2)19-7-5-6-8-19/h11,16H,4-10H2,1-3H3. The summed E-state index contributed by atoms with van der Waals surface area (Å²) in [5.41, 5.74) is 2.08. The zero-order valence-electron chi connectivity index (χ0n) is 12.2. The lowest BCUT2D eigenvalue weighted by Gasteiger charge is -2.23. The van der Waals surface area contributed by atoms with Crippen molar-refractivity contribution in [2.75, 3.05) is 19.6 Å². The molecule has 2 rings (SSSR count). The first kappa shape index (κ1) is 14.8. The summed E-state index contributed by atoms with van der Waals surface area (Å²) in [5.74, 6) is 0. The van der Waals surface area contributed by atoms with E-state index in [0.29, 0.717) is 6.04 Å². The SMILES string of the molecule is CCc1nn(C)c(CNCC(C)N2CCCC2)c1Cl. The lowest BCUT2D eigenvalue weighted by molar-refractivity contribution is 0.251. The second kappa shape index (κ2) is 6.73. The highest BCUT2D eigenvalue weighted by atomic mass is 35.5. The predicted molar refractivity (Wildman–Crippen MR) is 79.6 cm³/mol. The van der Waals surface area contributed by atoms with Gasteiger partial charge >= 0.3 is 0 Å². The molecule has 0 radical (unpaired) electrons. The molecule has 0 aliphatic carbocycles. The van der Waals surface area contributed by atoms with Gasteiger partial charge in [0, 0.05) is 26.2 Å². The molecule has 1 atom stereocenters. The van der Waals surface area contributed by atoms with Crippen molar-refractivity contribution in [3.05, 3.63) is 16.4 Å². The van der Waals surface area contributed by atoms with Gasteiger partial charge in [-0.25, -0.2) is 0 Å². The molecule has 0 bridgehead atoms. The van der Waals surface area contributed by atoms with E-state index in [1.807, 2.05) is 11.7 Å². The van der Waals surface area contributed by atoms with Crippen LogP contribution < -0.4 is 5.32 Å². The summed E-state index contributed by atoms with van der Waals surface area (Å²) >= 11 is 6.34. The average molecular weight is 285 g/mol. The first-order valence-corrected chi connectivity index (χ1v) is 7.66. The van der Waals surface area contributed by atoms with E-state index < -0.39 is 0 Å². The van der Waals surface area contributed by atoms with Crippen molar-refractivity contribution < 1.29 is 0 Å². The van der Waals surface area contributed by atoms with Gasteiger partial charge in [0.2, 0.25) is 0 Å². The predicted octanol–water partition coefficient (Wildman–Crippen LogP) is 2.21. The van der Waals surface area contributed by atoms with E-state index in [-0.39, 0.29) is 0 Å². The van der Waals surface area contributed by atoms with E-state index in [1.54, 1.807) is 0 Å². The van der Waals surface area contributed by atoms with Crippen molar-refractivity contribution in [2.45, 2.75) is 45.7 Å². The summed E-state index contributed by atoms with van der Waals surface area (Å²) in [5, 5.41) is 8.77. The fraction of sp³-hybridized carbons (Fsp3) is 0.786. The number of likely N-dealkylation sites (tertiary alicyclic amines) is 1. The molecule has 1 aromatic rings. The largest absolute Gasteiger partial charge is 0.310 e. The minimum absolute atomic E-state index is 0.597. The molecule has 0 spiro atoms. The van der Waals surface area contributed by atoms with E-state index in [1.165, 1.54) is 25.9 Å². The van der Waals surface area contributed by atoms with Crippen molar-refractivity contribution in [3.8, 4) is 0 Å². The van der Waals surface area contributed by atoms with E-state index >= 15 is 0 Å². The van der Waals surface area contributed by atoms with Crippen LogP contribution in [0, 0.1) is 0 Å². The number of aryl methyl sites for hydroxylation is 2. The van der Waals surface area contributed by atoms with Gasteiger partial charge in [-0.3, -0.25) is 9.58 Å². The molecule has 0 aromatic carbocycles. The normalized spacial score (nSPS) is 18.1. The summed E-state index contributed by atoms with van der Waals surface area (Å²) in [4.78, 5) is 2.55. The molecule has 19 heavy (non-hydrogen) atoms. The zero-order chi connectivity index (χ0) is 13.8. The highest BCUT2D eigenvalue weighted by Gasteiger charge is 2.18. The molecule has 1 fully saturated rings. The monoisotopic (exact) mass is 284 g/mol. The number of aromatic nitrogens is 2. The number of halogens is 1. The zero-order valence-corrected chi connectivity index (χ0v) is 13.0. The van der Waals surface area contributed by atoms with Crippen LogP contribution in [-0.4, -0.2) is 40.4 Å². The second-order valence-corrected chi connectivity index (χ2v) is 5.79. The summed E-state index contributed by atoms with van der Waals surface area (Å²) in [6, 6.07) is 0.597. The van der Waals surface area contributed by atoms with Crippen molar-refractivity contribution in [1.82, 2.24) is 20.0 Å². The Hall–Kier alpha value is -0.580. The maximum atomic E-state index is 6.34. The van der Waals surface area contributed by atoms with E-state index in [2.05, 4.69) is 29.2 Å². The van der Waals surface area contributed by atoms with Crippen LogP contribution in [0.2, 0.25) is 5.02 Å². The van der Waals surface area contributed by atoms with Gasteiger partial charge < -0.3 is 5.32 Å². The van der Waals surface area contributed by atoms with Crippen LogP contribution >= 0.6 is 11.6 Å². The fourth-order valence-corrected chi connectivity index (χ4v) is 3.08. The molecular formula is C14H25ClN4. The second-order valence-electron chi connectivity index (χ2n) is 5.41. The average Bonchev–Trinajstić information content (AvgIpc) is 3.01. The third-order valence-electron chi connectivity index (χ3n) is 4.00. The molecule has 2 heterocycles. The molecule has 0 saturated carbocycles. The van der Waals surface area contributed by atoms with Gasteiger partial charge in [-0.2, -0.15) is 5.10 Å². The number of hydrogen-bond donors (Lipinski definition) is 1. The fourth-order valence-electron chi connectivity index (χ4n) is 2.72. The summed E-state index contributed by atoms with van der Waals surface area (Å²) in [6.07, 6.45) is 3.58. The van der Waals surface area contributed by atoms with Crippen LogP contribution in [0.3, 0.4) is 0 Å². The highest BCUT2D eigenvalue weighted by molar-refractivity contribution is 6.31. The summed E-state index contributed by atoms with van der Waals surface area (Å²) in [6.45, 7) is 8.66. The van der Waals surface area contributed by atoms with E-state index in [9.17, 15) is 0 Å². The van der Waals surface area contributed by atoms with Crippen molar-refractivity contribution in [3.63, 3.8) is 0 Å². The first-order chi connectivity index (χ1) is 9.13. The molecular weight excluding hydrogens is 260 g/mol. The van der Waals surface area contributed by atoms with Crippen molar-refractivity contribution >= 4 is 11.6 Å². The lowest BCUT2D eigenvalue weighted by Crippen LogP contribution is -2.38. The molecule has 0 amide bonds. The van der Waals surface area contributed by atoms with Gasteiger partial charge in [-0.15, -0.1) is 0 Å². The molecule has 1 N–H and O–H groups in total. The maximum absolute atomic E-state index is 6.34. The first-order valence-electron chi connectivity index (χ1n) is 7.28. The molecule has 1 unspecified atom stereocenters. The van der Waals surface area contributed by atoms with Crippen LogP contribution in [0.4, 0.5) is 0 Å². The third kappa shape index (κ3) is 3.50. The Morgan fingerprint density at radius 1 is 1.37 bits per heavy atom. The summed E-state index contributed by atoms with van der Waals surface area (Å²) in [7, 11) is 1.96. The van der Waals surface area contributed by atoms with Crippen LogP contribution in [0.25, 0.3) is 0 Å². The van der Waals surface area contributed by atoms with Crippen LogP contribution in [0.15, 0.2) is 0 Å². The van der Waals surface area contributed by atoms with Gasteiger partial charge in [-0.05, 0) is 39.3 Å². The Morgan fingerprint density at radius 3 is 2.63 bits per heavy atom. The Morgan fingerprint density at radius 2 is 2.05 bits per heavy atom. The molecule has 1 aliphatic rings. The molecule has 108 valence electrons. The maximum Gasteiger partial charge on any atom is 0.0863 e. The summed E-state index contributed by atoms with van der Waals surface area (Å²) < 4.78 is 1.90. The molecule has 5 heteroatoms.